The van der Waals surface area contributed by atoms with Crippen molar-refractivity contribution in [2.24, 2.45) is 0 Å². The molecule has 0 saturated heterocycles. The minimum atomic E-state index is -0.541. The Kier molecular flexibility index (Phi) is 3.93. The van der Waals surface area contributed by atoms with Crippen molar-refractivity contribution in [1.82, 2.24) is 9.78 Å². The molecule has 1 atom stereocenters. The highest BCUT2D eigenvalue weighted by atomic mass is 16.2. The van der Waals surface area contributed by atoms with Crippen LogP contribution in [-0.2, 0) is 4.79 Å². The van der Waals surface area contributed by atoms with E-state index >= 15 is 0 Å². The summed E-state index contributed by atoms with van der Waals surface area (Å²) in [6, 6.07) is 14.2. The lowest BCUT2D eigenvalue weighted by Crippen LogP contribution is -2.26. The van der Waals surface area contributed by atoms with Gasteiger partial charge in [-0.3, -0.25) is 14.3 Å². The Bertz CT molecular complexity index is 931. The highest BCUT2D eigenvalue weighted by Gasteiger charge is 2.18. The van der Waals surface area contributed by atoms with E-state index < -0.39 is 6.04 Å². The van der Waals surface area contributed by atoms with Crippen LogP contribution in [0.25, 0.3) is 10.9 Å². The van der Waals surface area contributed by atoms with Gasteiger partial charge in [0, 0.05) is 11.1 Å². The van der Waals surface area contributed by atoms with Crippen molar-refractivity contribution in [3.8, 4) is 0 Å². The standard InChI is InChI=1S/C18H17N3O2/c1-12-6-5-7-14(10-12)20-18(23)13(2)21-16-9-4-3-8-15(16)17(22)11-19-21/h3-11,13H,1-2H3,(H,20,23)/t13-/m1/s1. The molecule has 0 spiro atoms. The van der Waals surface area contributed by atoms with Crippen LogP contribution < -0.4 is 10.7 Å². The lowest BCUT2D eigenvalue weighted by Gasteiger charge is -2.17. The highest BCUT2D eigenvalue weighted by Crippen LogP contribution is 2.16. The molecule has 1 aromatic heterocycles. The van der Waals surface area contributed by atoms with Gasteiger partial charge in [0.05, 0.1) is 11.7 Å². The fourth-order valence-electron chi connectivity index (χ4n) is 2.52. The summed E-state index contributed by atoms with van der Waals surface area (Å²) in [6.07, 6.45) is 1.25. The van der Waals surface area contributed by atoms with Gasteiger partial charge in [-0.2, -0.15) is 5.10 Å². The molecule has 0 unspecified atom stereocenters. The number of para-hydroxylation sites is 1. The van der Waals surface area contributed by atoms with Crippen molar-refractivity contribution < 1.29 is 4.79 Å². The molecule has 5 nitrogen and oxygen atoms in total. The SMILES string of the molecule is Cc1cccc(NC(=O)[C@@H](C)n2ncc(=O)c3ccccc32)c1. The third-order valence-electron chi connectivity index (χ3n) is 3.75. The van der Waals surface area contributed by atoms with E-state index in [4.69, 9.17) is 0 Å². The normalized spacial score (nSPS) is 12.1. The van der Waals surface area contributed by atoms with Crippen molar-refractivity contribution in [2.45, 2.75) is 19.9 Å². The minimum absolute atomic E-state index is 0.150. The first-order valence-electron chi connectivity index (χ1n) is 7.40. The number of benzene rings is 2. The van der Waals surface area contributed by atoms with E-state index in [1.165, 1.54) is 6.20 Å². The molecule has 2 aromatic carbocycles. The largest absolute Gasteiger partial charge is 0.324 e. The summed E-state index contributed by atoms with van der Waals surface area (Å²) in [5.74, 6) is -0.183. The molecule has 1 N–H and O–H groups in total. The molecule has 0 radical (unpaired) electrons. The Balaban J connectivity index is 1.94. The van der Waals surface area contributed by atoms with Crippen molar-refractivity contribution in [3.05, 3.63) is 70.5 Å². The zero-order chi connectivity index (χ0) is 16.4. The number of aryl methyl sites for hydroxylation is 1. The Morgan fingerprint density at radius 1 is 1.17 bits per heavy atom. The number of nitrogens with zero attached hydrogens (tertiary/aromatic N) is 2. The molecule has 5 heteroatoms. The molecule has 116 valence electrons. The summed E-state index contributed by atoms with van der Waals surface area (Å²) in [5.41, 5.74) is 2.31. The van der Waals surface area contributed by atoms with Gasteiger partial charge in [0.25, 0.3) is 0 Å². The van der Waals surface area contributed by atoms with Gasteiger partial charge in [-0.05, 0) is 43.7 Å². The van der Waals surface area contributed by atoms with Crippen molar-refractivity contribution in [3.63, 3.8) is 0 Å². The number of anilines is 1. The lowest BCUT2D eigenvalue weighted by molar-refractivity contribution is -0.119. The Morgan fingerprint density at radius 2 is 1.96 bits per heavy atom. The molecule has 0 saturated carbocycles. The van der Waals surface area contributed by atoms with E-state index in [1.807, 2.05) is 37.3 Å². The zero-order valence-corrected chi connectivity index (χ0v) is 13.0. The van der Waals surface area contributed by atoms with Gasteiger partial charge in [0.2, 0.25) is 11.3 Å². The van der Waals surface area contributed by atoms with Crippen LogP contribution in [0, 0.1) is 6.92 Å². The van der Waals surface area contributed by atoms with Gasteiger partial charge in [0.15, 0.2) is 0 Å². The second kappa shape index (κ2) is 6.04. The summed E-state index contributed by atoms with van der Waals surface area (Å²) >= 11 is 0. The first-order chi connectivity index (χ1) is 11.1. The molecule has 1 heterocycles. The number of carbonyl (C=O) groups is 1. The predicted octanol–water partition coefficient (Wildman–Crippen LogP) is 2.90. The fourth-order valence-corrected chi connectivity index (χ4v) is 2.52. The molecule has 0 aliphatic carbocycles. The topological polar surface area (TPSA) is 64.0 Å². The van der Waals surface area contributed by atoms with Crippen molar-refractivity contribution in [1.29, 1.82) is 0 Å². The number of carbonyl (C=O) groups excluding carboxylic acids is 1. The summed E-state index contributed by atoms with van der Waals surface area (Å²) in [7, 11) is 0. The maximum atomic E-state index is 12.5. The quantitative estimate of drug-likeness (QED) is 0.809. The fraction of sp³-hybridized carbons (Fsp3) is 0.167. The number of rotatable bonds is 3. The van der Waals surface area contributed by atoms with Gasteiger partial charge in [-0.25, -0.2) is 0 Å². The smallest absolute Gasteiger partial charge is 0.248 e. The highest BCUT2D eigenvalue weighted by molar-refractivity contribution is 5.94. The molecule has 0 fully saturated rings. The van der Waals surface area contributed by atoms with Gasteiger partial charge in [0.1, 0.15) is 6.04 Å². The van der Waals surface area contributed by atoms with E-state index in [1.54, 1.807) is 29.8 Å². The molecular weight excluding hydrogens is 290 g/mol. The first kappa shape index (κ1) is 15.0. The maximum Gasteiger partial charge on any atom is 0.248 e. The van der Waals surface area contributed by atoms with Crippen LogP contribution in [0.5, 0.6) is 0 Å². The maximum absolute atomic E-state index is 12.5. The van der Waals surface area contributed by atoms with Gasteiger partial charge < -0.3 is 5.32 Å². The lowest BCUT2D eigenvalue weighted by atomic mass is 10.2. The molecule has 0 aliphatic rings. The summed E-state index contributed by atoms with van der Waals surface area (Å²) in [4.78, 5) is 24.4. The number of amides is 1. The summed E-state index contributed by atoms with van der Waals surface area (Å²) < 4.78 is 1.57. The van der Waals surface area contributed by atoms with Crippen LogP contribution in [0.2, 0.25) is 0 Å². The van der Waals surface area contributed by atoms with Crippen molar-refractivity contribution >= 4 is 22.5 Å². The van der Waals surface area contributed by atoms with Crippen LogP contribution in [0.3, 0.4) is 0 Å². The summed E-state index contributed by atoms with van der Waals surface area (Å²) in [5, 5.41) is 7.57. The zero-order valence-electron chi connectivity index (χ0n) is 13.0. The first-order valence-corrected chi connectivity index (χ1v) is 7.40. The molecular formula is C18H17N3O2. The number of nitrogens with one attached hydrogen (secondary N) is 1. The Hall–Kier alpha value is -2.95. The Morgan fingerprint density at radius 3 is 2.74 bits per heavy atom. The van der Waals surface area contributed by atoms with E-state index in [0.29, 0.717) is 10.9 Å². The van der Waals surface area contributed by atoms with Crippen LogP contribution in [0.1, 0.15) is 18.5 Å². The number of fused-ring (bicyclic) bond motifs is 1. The molecule has 23 heavy (non-hydrogen) atoms. The molecule has 1 amide bonds. The van der Waals surface area contributed by atoms with Crippen LogP contribution >= 0.6 is 0 Å². The van der Waals surface area contributed by atoms with E-state index in [9.17, 15) is 9.59 Å². The molecule has 0 bridgehead atoms. The monoisotopic (exact) mass is 307 g/mol. The Labute approximate surface area is 133 Å². The van der Waals surface area contributed by atoms with Gasteiger partial charge in [-0.15, -0.1) is 0 Å². The van der Waals surface area contributed by atoms with Crippen LogP contribution in [0.15, 0.2) is 59.5 Å². The van der Waals surface area contributed by atoms with E-state index in [-0.39, 0.29) is 11.3 Å². The summed E-state index contributed by atoms with van der Waals surface area (Å²) in [6.45, 7) is 3.73. The average molecular weight is 307 g/mol. The second-order valence-electron chi connectivity index (χ2n) is 5.51. The number of hydrogen-bond donors (Lipinski definition) is 1. The van der Waals surface area contributed by atoms with Crippen molar-refractivity contribution in [2.75, 3.05) is 5.32 Å². The second-order valence-corrected chi connectivity index (χ2v) is 5.51. The minimum Gasteiger partial charge on any atom is -0.324 e. The number of hydrogen-bond acceptors (Lipinski definition) is 3. The van der Waals surface area contributed by atoms with Crippen LogP contribution in [0.4, 0.5) is 5.69 Å². The average Bonchev–Trinajstić information content (AvgIpc) is 2.55. The predicted molar refractivity (Wildman–Crippen MR) is 90.5 cm³/mol. The number of aromatic nitrogens is 2. The third kappa shape index (κ3) is 2.99. The molecule has 0 aliphatic heterocycles. The van der Waals surface area contributed by atoms with Gasteiger partial charge in [-0.1, -0.05) is 24.3 Å². The van der Waals surface area contributed by atoms with Crippen LogP contribution in [-0.4, -0.2) is 15.7 Å². The molecule has 3 rings (SSSR count). The third-order valence-corrected chi connectivity index (χ3v) is 3.75. The van der Waals surface area contributed by atoms with Gasteiger partial charge >= 0.3 is 0 Å². The van der Waals surface area contributed by atoms with E-state index in [2.05, 4.69) is 10.4 Å². The molecule has 3 aromatic rings. The van der Waals surface area contributed by atoms with E-state index in [0.717, 1.165) is 11.3 Å².